The molecule has 0 aliphatic heterocycles. The number of amides is 1. The molecule has 6 nitrogen and oxygen atoms in total. The molecule has 7 heteroatoms. The van der Waals surface area contributed by atoms with Gasteiger partial charge in [0.2, 0.25) is 0 Å². The van der Waals surface area contributed by atoms with Gasteiger partial charge in [0.25, 0.3) is 5.91 Å². The van der Waals surface area contributed by atoms with Crippen molar-refractivity contribution in [1.82, 2.24) is 19.7 Å². The van der Waals surface area contributed by atoms with Crippen LogP contribution in [0, 0.1) is 6.92 Å². The largest absolute Gasteiger partial charge is 0.303 e. The van der Waals surface area contributed by atoms with E-state index in [4.69, 9.17) is 0 Å². The van der Waals surface area contributed by atoms with Gasteiger partial charge in [-0.2, -0.15) is 5.10 Å². The summed E-state index contributed by atoms with van der Waals surface area (Å²) in [6.45, 7) is 2.67. The summed E-state index contributed by atoms with van der Waals surface area (Å²) in [4.78, 5) is 19.9. The van der Waals surface area contributed by atoms with Crippen LogP contribution in [0.15, 0.2) is 53.5 Å². The van der Waals surface area contributed by atoms with Gasteiger partial charge in [-0.05, 0) is 28.4 Å². The first-order valence-electron chi connectivity index (χ1n) is 6.97. The number of aryl methyl sites for hydroxylation is 1. The molecule has 0 aliphatic rings. The van der Waals surface area contributed by atoms with Crippen LogP contribution in [0.25, 0.3) is 0 Å². The zero-order valence-electron chi connectivity index (χ0n) is 12.4. The van der Waals surface area contributed by atoms with Crippen molar-refractivity contribution in [1.29, 1.82) is 0 Å². The third-order valence-electron chi connectivity index (χ3n) is 3.21. The Balaban J connectivity index is 1.73. The van der Waals surface area contributed by atoms with Gasteiger partial charge in [-0.1, -0.05) is 29.8 Å². The van der Waals surface area contributed by atoms with E-state index >= 15 is 0 Å². The molecule has 0 saturated heterocycles. The molecular weight excluding hydrogens is 358 g/mol. The van der Waals surface area contributed by atoms with E-state index in [9.17, 15) is 4.79 Å². The molecule has 0 radical (unpaired) electrons. The summed E-state index contributed by atoms with van der Waals surface area (Å²) in [7, 11) is 0. The van der Waals surface area contributed by atoms with Crippen LogP contribution in [0.3, 0.4) is 0 Å². The summed E-state index contributed by atoms with van der Waals surface area (Å²) in [6.07, 6.45) is 6.22. The summed E-state index contributed by atoms with van der Waals surface area (Å²) in [5.41, 5.74) is 2.59. The molecule has 1 N–H and O–H groups in total. The van der Waals surface area contributed by atoms with E-state index in [1.54, 1.807) is 4.68 Å². The maximum atomic E-state index is 12.1. The lowest BCUT2D eigenvalue weighted by molar-refractivity contribution is 0.102. The van der Waals surface area contributed by atoms with Crippen LogP contribution in [0.5, 0.6) is 0 Å². The quantitative estimate of drug-likeness (QED) is 0.764. The van der Waals surface area contributed by atoms with Gasteiger partial charge in [0, 0.05) is 18.6 Å². The van der Waals surface area contributed by atoms with Crippen LogP contribution in [-0.4, -0.2) is 25.7 Å². The topological polar surface area (TPSA) is 72.7 Å². The molecule has 1 amide bonds. The molecule has 2 heterocycles. The van der Waals surface area contributed by atoms with E-state index in [1.165, 1.54) is 24.2 Å². The minimum Gasteiger partial charge on any atom is -0.303 e. The molecule has 116 valence electrons. The minimum absolute atomic E-state index is 0.243. The molecule has 0 bridgehead atoms. The van der Waals surface area contributed by atoms with Crippen molar-refractivity contribution in [2.45, 2.75) is 13.5 Å². The fourth-order valence-corrected chi connectivity index (χ4v) is 2.45. The average molecular weight is 372 g/mol. The van der Waals surface area contributed by atoms with Gasteiger partial charge in [0.15, 0.2) is 5.82 Å². The number of benzene rings is 1. The van der Waals surface area contributed by atoms with Crippen molar-refractivity contribution in [2.24, 2.45) is 0 Å². The second-order valence-electron chi connectivity index (χ2n) is 5.05. The van der Waals surface area contributed by atoms with Crippen molar-refractivity contribution in [2.75, 3.05) is 5.32 Å². The van der Waals surface area contributed by atoms with E-state index in [0.29, 0.717) is 16.8 Å². The number of carbonyl (C=O) groups excluding carboxylic acids is 1. The van der Waals surface area contributed by atoms with Gasteiger partial charge in [-0.15, -0.1) is 0 Å². The Morgan fingerprint density at radius 3 is 2.74 bits per heavy atom. The van der Waals surface area contributed by atoms with Crippen LogP contribution in [0.1, 0.15) is 21.6 Å². The molecule has 23 heavy (non-hydrogen) atoms. The van der Waals surface area contributed by atoms with Crippen LogP contribution in [-0.2, 0) is 6.54 Å². The van der Waals surface area contributed by atoms with E-state index < -0.39 is 0 Å². The molecule has 0 saturated carbocycles. The van der Waals surface area contributed by atoms with E-state index in [1.807, 2.05) is 13.1 Å². The third kappa shape index (κ3) is 3.81. The average Bonchev–Trinajstić information content (AvgIpc) is 2.90. The molecule has 0 atom stereocenters. The molecule has 0 spiro atoms. The van der Waals surface area contributed by atoms with Crippen molar-refractivity contribution >= 4 is 27.7 Å². The first-order chi connectivity index (χ1) is 11.1. The predicted octanol–water partition coefficient (Wildman–Crippen LogP) is 3.04. The third-order valence-corrected chi connectivity index (χ3v) is 3.79. The second-order valence-corrected chi connectivity index (χ2v) is 5.91. The maximum Gasteiger partial charge on any atom is 0.277 e. The molecule has 0 fully saturated rings. The number of nitrogens with zero attached hydrogens (tertiary/aromatic N) is 4. The number of aromatic nitrogens is 4. The van der Waals surface area contributed by atoms with Gasteiger partial charge >= 0.3 is 0 Å². The van der Waals surface area contributed by atoms with E-state index in [-0.39, 0.29) is 11.6 Å². The van der Waals surface area contributed by atoms with Crippen LogP contribution >= 0.6 is 15.9 Å². The highest BCUT2D eigenvalue weighted by molar-refractivity contribution is 9.10. The fourth-order valence-electron chi connectivity index (χ4n) is 2.03. The van der Waals surface area contributed by atoms with Gasteiger partial charge in [0.05, 0.1) is 17.2 Å². The lowest BCUT2D eigenvalue weighted by atomic mass is 10.1. The molecular formula is C16H14BrN5O. The zero-order valence-corrected chi connectivity index (χ0v) is 14.0. The molecule has 1 aromatic carbocycles. The summed E-state index contributed by atoms with van der Waals surface area (Å²) in [6, 6.07) is 8.24. The number of halogens is 1. The number of rotatable bonds is 4. The van der Waals surface area contributed by atoms with Crippen molar-refractivity contribution in [3.63, 3.8) is 0 Å². The highest BCUT2D eigenvalue weighted by Crippen LogP contribution is 2.21. The molecule has 0 aliphatic carbocycles. The summed E-state index contributed by atoms with van der Waals surface area (Å²) < 4.78 is 2.47. The Labute approximate surface area is 141 Å². The normalized spacial score (nSPS) is 10.5. The summed E-state index contributed by atoms with van der Waals surface area (Å²) in [5, 5.41) is 7.10. The van der Waals surface area contributed by atoms with Gasteiger partial charge in [-0.3, -0.25) is 14.5 Å². The monoisotopic (exact) mass is 371 g/mol. The number of hydrogen-bond donors (Lipinski definition) is 1. The molecule has 3 aromatic rings. The number of hydrogen-bond acceptors (Lipinski definition) is 4. The Bertz CT molecular complexity index is 814. The Kier molecular flexibility index (Phi) is 4.47. The first kappa shape index (κ1) is 15.4. The van der Waals surface area contributed by atoms with E-state index in [2.05, 4.69) is 60.6 Å². The van der Waals surface area contributed by atoms with Crippen LogP contribution < -0.4 is 5.32 Å². The van der Waals surface area contributed by atoms with Crippen molar-refractivity contribution in [3.05, 3.63) is 70.3 Å². The highest BCUT2D eigenvalue weighted by Gasteiger charge is 2.13. The molecule has 0 unspecified atom stereocenters. The van der Waals surface area contributed by atoms with E-state index in [0.717, 1.165) is 5.56 Å². The number of anilines is 1. The fraction of sp³-hybridized carbons (Fsp3) is 0.125. The second kappa shape index (κ2) is 6.70. The molecule has 2 aromatic heterocycles. The minimum atomic E-state index is -0.348. The SMILES string of the molecule is Cc1ccc(Cn2cc(Br)c(NC(=O)c3cnccn3)n2)cc1. The zero-order chi connectivity index (χ0) is 16.2. The number of carbonyl (C=O) groups is 1. The first-order valence-corrected chi connectivity index (χ1v) is 7.77. The predicted molar refractivity (Wildman–Crippen MR) is 90.2 cm³/mol. The summed E-state index contributed by atoms with van der Waals surface area (Å²) >= 11 is 3.41. The lowest BCUT2D eigenvalue weighted by Crippen LogP contribution is -2.14. The van der Waals surface area contributed by atoms with Gasteiger partial charge in [0.1, 0.15) is 5.69 Å². The van der Waals surface area contributed by atoms with Crippen molar-refractivity contribution in [3.8, 4) is 0 Å². The maximum absolute atomic E-state index is 12.1. The van der Waals surface area contributed by atoms with Crippen molar-refractivity contribution < 1.29 is 4.79 Å². The summed E-state index contributed by atoms with van der Waals surface area (Å²) in [5.74, 6) is 0.104. The highest BCUT2D eigenvalue weighted by atomic mass is 79.9. The van der Waals surface area contributed by atoms with Crippen LogP contribution in [0.4, 0.5) is 5.82 Å². The Hall–Kier alpha value is -2.54. The smallest absolute Gasteiger partial charge is 0.277 e. The van der Waals surface area contributed by atoms with Crippen LogP contribution in [0.2, 0.25) is 0 Å². The lowest BCUT2D eigenvalue weighted by Gasteiger charge is -2.03. The standard InChI is InChI=1S/C16H14BrN5O/c1-11-2-4-12(5-3-11)9-22-10-13(17)15(21-22)20-16(23)14-8-18-6-7-19-14/h2-8,10H,9H2,1H3,(H,20,21,23). The van der Waals surface area contributed by atoms with Gasteiger partial charge < -0.3 is 5.32 Å². The molecule has 3 rings (SSSR count). The van der Waals surface area contributed by atoms with Gasteiger partial charge in [-0.25, -0.2) is 4.98 Å². The Morgan fingerprint density at radius 2 is 2.04 bits per heavy atom. The number of nitrogens with one attached hydrogen (secondary N) is 1. The Morgan fingerprint density at radius 1 is 1.26 bits per heavy atom.